The third-order valence-corrected chi connectivity index (χ3v) is 9.56. The molecule has 1 saturated heterocycles. The average molecular weight is 691 g/mol. The Labute approximate surface area is 248 Å². The third kappa shape index (κ3) is 8.75. The van der Waals surface area contributed by atoms with Gasteiger partial charge >= 0.3 is 0 Å². The number of carbonyl (C=O) groups is 1. The van der Waals surface area contributed by atoms with Crippen molar-refractivity contribution in [3.05, 3.63) is 60.7 Å². The maximum atomic E-state index is 12.2. The number of aryl methyl sites for hydroxylation is 2. The van der Waals surface area contributed by atoms with Crippen molar-refractivity contribution in [2.75, 3.05) is 19.3 Å². The van der Waals surface area contributed by atoms with E-state index in [0.717, 1.165) is 39.5 Å². The first-order valence-electron chi connectivity index (χ1n) is 13.3. The molecule has 0 bridgehead atoms. The number of pyridine rings is 1. The van der Waals surface area contributed by atoms with Crippen molar-refractivity contribution in [3.8, 4) is 0 Å². The van der Waals surface area contributed by atoms with E-state index in [1.54, 1.807) is 0 Å². The van der Waals surface area contributed by atoms with Crippen LogP contribution in [0.5, 0.6) is 0 Å². The van der Waals surface area contributed by atoms with Crippen LogP contribution in [0.2, 0.25) is 5.02 Å². The molecule has 2 aromatic rings. The van der Waals surface area contributed by atoms with Crippen LogP contribution in [-0.2, 0) is 38.4 Å². The molecule has 10 heteroatoms. The number of amides is 1. The first-order valence-corrected chi connectivity index (χ1v) is 17.1. The standard InChI is InChI=1S/C14H10Br2ClN.C14H25NO4S/c15-10-3-9-2-1-8-4-11(17)5-13(16)12(8)6-14(9)18-7-10;1-20(17,18)19-13-7-9-15(10-8-13)14(16)11-12-5-3-2-4-6-12/h3-5,7H,1-2,6H2;12-13H,2-11H2,1H3. The maximum Gasteiger partial charge on any atom is 0.264 e. The number of carbonyl (C=O) groups excluding carboxylic acids is 1. The van der Waals surface area contributed by atoms with E-state index in [1.807, 2.05) is 17.2 Å². The molecule has 1 aromatic heterocycles. The van der Waals surface area contributed by atoms with Crippen molar-refractivity contribution in [2.24, 2.45) is 5.92 Å². The lowest BCUT2D eigenvalue weighted by atomic mass is 9.86. The monoisotopic (exact) mass is 688 g/mol. The fourth-order valence-electron chi connectivity index (χ4n) is 5.62. The molecule has 38 heavy (non-hydrogen) atoms. The van der Waals surface area contributed by atoms with E-state index in [4.69, 9.17) is 15.8 Å². The molecule has 1 amide bonds. The van der Waals surface area contributed by atoms with E-state index in [2.05, 4.69) is 49.0 Å². The Hall–Kier alpha value is -1.00. The number of rotatable bonds is 4. The minimum Gasteiger partial charge on any atom is -0.342 e. The summed E-state index contributed by atoms with van der Waals surface area (Å²) in [5, 5.41) is 0.792. The Morgan fingerprint density at radius 2 is 1.74 bits per heavy atom. The fourth-order valence-corrected chi connectivity index (χ4v) is 7.70. The van der Waals surface area contributed by atoms with E-state index in [1.165, 1.54) is 54.5 Å². The number of likely N-dealkylation sites (tertiary alicyclic amines) is 1. The van der Waals surface area contributed by atoms with Gasteiger partial charge in [0.15, 0.2) is 0 Å². The lowest BCUT2D eigenvalue weighted by molar-refractivity contribution is -0.134. The number of hydrogen-bond donors (Lipinski definition) is 0. The Kier molecular flexibility index (Phi) is 10.7. The summed E-state index contributed by atoms with van der Waals surface area (Å²) in [6.07, 6.45) is 13.6. The quantitative estimate of drug-likeness (QED) is 0.328. The first kappa shape index (κ1) is 30.0. The summed E-state index contributed by atoms with van der Waals surface area (Å²) in [6, 6.07) is 6.20. The predicted octanol–water partition coefficient (Wildman–Crippen LogP) is 6.87. The van der Waals surface area contributed by atoms with Gasteiger partial charge in [-0.2, -0.15) is 8.42 Å². The Morgan fingerprint density at radius 1 is 1.05 bits per heavy atom. The predicted molar refractivity (Wildman–Crippen MR) is 158 cm³/mol. The van der Waals surface area contributed by atoms with Gasteiger partial charge in [0.25, 0.3) is 10.1 Å². The molecule has 1 saturated carbocycles. The summed E-state index contributed by atoms with van der Waals surface area (Å²) in [5.74, 6) is 0.788. The normalized spacial score (nSPS) is 18.6. The molecule has 0 unspecified atom stereocenters. The first-order chi connectivity index (χ1) is 18.1. The zero-order valence-electron chi connectivity index (χ0n) is 21.7. The lowest BCUT2D eigenvalue weighted by Crippen LogP contribution is -2.42. The fraction of sp³-hybridized carbons (Fsp3) is 0.571. The largest absolute Gasteiger partial charge is 0.342 e. The van der Waals surface area contributed by atoms with Crippen molar-refractivity contribution in [3.63, 3.8) is 0 Å². The second-order valence-corrected chi connectivity index (χ2v) is 14.4. The highest BCUT2D eigenvalue weighted by molar-refractivity contribution is 9.10. The molecule has 3 aliphatic rings. The van der Waals surface area contributed by atoms with Crippen LogP contribution >= 0.6 is 43.5 Å². The number of piperidine rings is 1. The van der Waals surface area contributed by atoms with Gasteiger partial charge < -0.3 is 4.90 Å². The van der Waals surface area contributed by atoms with Crippen molar-refractivity contribution in [1.29, 1.82) is 0 Å². The van der Waals surface area contributed by atoms with Crippen LogP contribution in [0.15, 0.2) is 33.3 Å². The van der Waals surface area contributed by atoms with Crippen molar-refractivity contribution < 1.29 is 17.4 Å². The SMILES string of the molecule is CS(=O)(=O)OC1CCN(C(=O)CC2CCCCC2)CC1.Clc1cc(Br)c2c(c1)CCc1cc(Br)cnc1C2. The molecular weight excluding hydrogens is 656 g/mol. The highest BCUT2D eigenvalue weighted by atomic mass is 79.9. The van der Waals surface area contributed by atoms with E-state index < -0.39 is 10.1 Å². The van der Waals surface area contributed by atoms with Crippen molar-refractivity contribution in [2.45, 2.75) is 76.7 Å². The van der Waals surface area contributed by atoms with Gasteiger partial charge in [-0.3, -0.25) is 14.0 Å². The number of benzene rings is 1. The number of halogens is 3. The smallest absolute Gasteiger partial charge is 0.264 e. The number of nitrogens with zero attached hydrogens (tertiary/aromatic N) is 2. The summed E-state index contributed by atoms with van der Waals surface area (Å²) in [6.45, 7) is 1.23. The van der Waals surface area contributed by atoms with Gasteiger partial charge in [0.2, 0.25) is 5.91 Å². The van der Waals surface area contributed by atoms with Gasteiger partial charge in [0, 0.05) is 51.8 Å². The maximum absolute atomic E-state index is 12.2. The van der Waals surface area contributed by atoms with Gasteiger partial charge in [0.1, 0.15) is 0 Å². The summed E-state index contributed by atoms with van der Waals surface area (Å²) in [7, 11) is -3.39. The molecule has 208 valence electrons. The highest BCUT2D eigenvalue weighted by Crippen LogP contribution is 2.32. The van der Waals surface area contributed by atoms with E-state index in [-0.39, 0.29) is 12.0 Å². The second-order valence-electron chi connectivity index (χ2n) is 10.6. The zero-order chi connectivity index (χ0) is 27.3. The molecule has 0 atom stereocenters. The van der Waals surface area contributed by atoms with E-state index in [9.17, 15) is 13.2 Å². The third-order valence-electron chi connectivity index (χ3n) is 7.58. The summed E-state index contributed by atoms with van der Waals surface area (Å²) in [4.78, 5) is 18.6. The molecule has 5 rings (SSSR count). The minimum atomic E-state index is -3.39. The van der Waals surface area contributed by atoms with Crippen LogP contribution in [0, 0.1) is 5.92 Å². The molecule has 0 radical (unpaired) electrons. The molecule has 1 aromatic carbocycles. The van der Waals surface area contributed by atoms with Crippen LogP contribution in [0.4, 0.5) is 0 Å². The lowest BCUT2D eigenvalue weighted by Gasteiger charge is -2.32. The average Bonchev–Trinajstić information content (AvgIpc) is 3.04. The summed E-state index contributed by atoms with van der Waals surface area (Å²) >= 11 is 13.2. The van der Waals surface area contributed by atoms with Gasteiger partial charge in [0.05, 0.1) is 12.4 Å². The second kappa shape index (κ2) is 13.6. The molecule has 2 heterocycles. The topological polar surface area (TPSA) is 76.6 Å². The molecule has 0 spiro atoms. The highest BCUT2D eigenvalue weighted by Gasteiger charge is 2.27. The Balaban J connectivity index is 0.000000178. The van der Waals surface area contributed by atoms with Gasteiger partial charge in [-0.1, -0.05) is 46.8 Å². The molecule has 1 aliphatic heterocycles. The van der Waals surface area contributed by atoms with Crippen molar-refractivity contribution >= 4 is 59.5 Å². The summed E-state index contributed by atoms with van der Waals surface area (Å²) in [5.41, 5.74) is 5.13. The van der Waals surface area contributed by atoms with E-state index >= 15 is 0 Å². The van der Waals surface area contributed by atoms with Crippen molar-refractivity contribution in [1.82, 2.24) is 9.88 Å². The summed E-state index contributed by atoms with van der Waals surface area (Å²) < 4.78 is 29.3. The Bertz CT molecular complexity index is 1240. The Morgan fingerprint density at radius 3 is 2.42 bits per heavy atom. The minimum absolute atomic E-state index is 0.231. The van der Waals surface area contributed by atoms with Crippen LogP contribution < -0.4 is 0 Å². The number of hydrogen-bond acceptors (Lipinski definition) is 5. The van der Waals surface area contributed by atoms with Gasteiger partial charge in [-0.25, -0.2) is 0 Å². The number of aromatic nitrogens is 1. The number of fused-ring (bicyclic) bond motifs is 2. The zero-order valence-corrected chi connectivity index (χ0v) is 26.5. The van der Waals surface area contributed by atoms with E-state index in [0.29, 0.717) is 38.3 Å². The van der Waals surface area contributed by atoms with Gasteiger partial charge in [-0.15, -0.1) is 0 Å². The van der Waals surface area contributed by atoms with Crippen LogP contribution in [0.25, 0.3) is 0 Å². The molecule has 2 aliphatic carbocycles. The van der Waals surface area contributed by atoms with Crippen LogP contribution in [-0.4, -0.2) is 49.7 Å². The van der Waals surface area contributed by atoms with Crippen LogP contribution in [0.3, 0.4) is 0 Å². The van der Waals surface area contributed by atoms with Gasteiger partial charge in [-0.05, 0) is 95.3 Å². The molecule has 2 fully saturated rings. The van der Waals surface area contributed by atoms with Crippen LogP contribution in [0.1, 0.15) is 73.8 Å². The molecule has 6 nitrogen and oxygen atoms in total. The molecular formula is C28H35Br2ClN2O4S. The molecule has 0 N–H and O–H groups in total.